The molecule has 1 N–H and O–H groups in total. The average molecular weight is 411 g/mol. The van der Waals surface area contributed by atoms with Crippen LogP contribution in [0.5, 0.6) is 11.5 Å². The monoisotopic (exact) mass is 411 g/mol. The van der Waals surface area contributed by atoms with Crippen molar-refractivity contribution in [1.29, 1.82) is 0 Å². The van der Waals surface area contributed by atoms with Crippen LogP contribution < -0.4 is 15.0 Å². The van der Waals surface area contributed by atoms with Crippen molar-refractivity contribution < 1.29 is 23.5 Å². The molecule has 8 heteroatoms. The zero-order chi connectivity index (χ0) is 21.5. The summed E-state index contributed by atoms with van der Waals surface area (Å²) in [6.45, 7) is 4.10. The number of methoxy groups -OCH3 is 1. The predicted molar refractivity (Wildman–Crippen MR) is 109 cm³/mol. The Bertz CT molecular complexity index is 1010. The summed E-state index contributed by atoms with van der Waals surface area (Å²) < 4.78 is 24.6. The molecule has 1 heterocycles. The van der Waals surface area contributed by atoms with Crippen molar-refractivity contribution in [2.75, 3.05) is 13.7 Å². The van der Waals surface area contributed by atoms with E-state index in [9.17, 15) is 9.18 Å². The number of hydroxylamine groups is 1. The molecule has 2 aromatic carbocycles. The first-order valence-electron chi connectivity index (χ1n) is 9.36. The first-order chi connectivity index (χ1) is 14.5. The fourth-order valence-corrected chi connectivity index (χ4v) is 2.72. The smallest absolute Gasteiger partial charge is 0.295 e. The van der Waals surface area contributed by atoms with Crippen LogP contribution in [0.2, 0.25) is 0 Å². The third-order valence-electron chi connectivity index (χ3n) is 4.30. The van der Waals surface area contributed by atoms with E-state index in [1.165, 1.54) is 31.5 Å². The maximum Gasteiger partial charge on any atom is 0.295 e. The normalized spacial score (nSPS) is 11.6. The molecule has 0 bridgehead atoms. The second-order valence-electron chi connectivity index (χ2n) is 6.33. The minimum absolute atomic E-state index is 0.0692. The fourth-order valence-electron chi connectivity index (χ4n) is 2.72. The molecule has 0 aliphatic rings. The van der Waals surface area contributed by atoms with Crippen LogP contribution in [0.15, 0.2) is 54.9 Å². The van der Waals surface area contributed by atoms with Gasteiger partial charge in [0.2, 0.25) is 0 Å². The van der Waals surface area contributed by atoms with E-state index in [2.05, 4.69) is 15.4 Å². The van der Waals surface area contributed by atoms with Crippen LogP contribution in [0.3, 0.4) is 0 Å². The highest BCUT2D eigenvalue weighted by Gasteiger charge is 2.16. The van der Waals surface area contributed by atoms with Crippen molar-refractivity contribution in [2.45, 2.75) is 20.0 Å². The minimum atomic E-state index is -0.744. The molecule has 0 unspecified atom stereocenters. The van der Waals surface area contributed by atoms with Crippen LogP contribution in [0.1, 0.15) is 36.0 Å². The lowest BCUT2D eigenvalue weighted by molar-refractivity contribution is -0.0107. The van der Waals surface area contributed by atoms with Gasteiger partial charge in [0.25, 0.3) is 5.91 Å². The zero-order valence-corrected chi connectivity index (χ0v) is 16.9. The molecule has 0 aliphatic heterocycles. The molecule has 3 rings (SSSR count). The molecule has 0 saturated carbocycles. The molecular weight excluding hydrogens is 389 g/mol. The molecule has 1 aromatic heterocycles. The number of rotatable bonds is 8. The Morgan fingerprint density at radius 1 is 1.13 bits per heavy atom. The lowest BCUT2D eigenvalue weighted by atomic mass is 10.1. The summed E-state index contributed by atoms with van der Waals surface area (Å²) in [5.41, 5.74) is 3.93. The number of hydrogen-bond acceptors (Lipinski definition) is 6. The van der Waals surface area contributed by atoms with Gasteiger partial charge in [0, 0.05) is 11.1 Å². The molecule has 156 valence electrons. The Morgan fingerprint density at radius 2 is 1.87 bits per heavy atom. The highest BCUT2D eigenvalue weighted by atomic mass is 19.1. The first-order valence-corrected chi connectivity index (χ1v) is 9.36. The Labute approximate surface area is 173 Å². The van der Waals surface area contributed by atoms with Gasteiger partial charge in [-0.3, -0.25) is 14.6 Å². The number of ether oxygens (including phenoxy) is 2. The van der Waals surface area contributed by atoms with Gasteiger partial charge in [0.05, 0.1) is 31.8 Å². The lowest BCUT2D eigenvalue weighted by Gasteiger charge is -2.15. The van der Waals surface area contributed by atoms with Gasteiger partial charge >= 0.3 is 0 Å². The first kappa shape index (κ1) is 21.2. The molecule has 1 atom stereocenters. The van der Waals surface area contributed by atoms with Crippen molar-refractivity contribution in [1.82, 2.24) is 15.4 Å². The Kier molecular flexibility index (Phi) is 6.92. The summed E-state index contributed by atoms with van der Waals surface area (Å²) in [5, 5.41) is 0. The number of halogens is 1. The van der Waals surface area contributed by atoms with Crippen LogP contribution in [0.4, 0.5) is 4.39 Å². The number of aromatic nitrogens is 2. The standard InChI is InChI=1S/C22H22FN3O4/c1-4-29-16-7-5-15(6-8-16)20-12-24-13-21(25-20)22(27)26-30-14(2)18-11-17(28-3)9-10-19(18)23/h5-14H,4H2,1-3H3,(H,26,27)/t14-/m0/s1. The Hall–Kier alpha value is -3.52. The van der Waals surface area contributed by atoms with E-state index in [4.69, 9.17) is 14.3 Å². The molecule has 0 fully saturated rings. The highest BCUT2D eigenvalue weighted by Crippen LogP contribution is 2.24. The highest BCUT2D eigenvalue weighted by molar-refractivity contribution is 5.91. The molecule has 0 saturated heterocycles. The molecule has 0 radical (unpaired) electrons. The van der Waals surface area contributed by atoms with Crippen LogP contribution in [-0.4, -0.2) is 29.6 Å². The van der Waals surface area contributed by atoms with Crippen molar-refractivity contribution >= 4 is 5.91 Å². The minimum Gasteiger partial charge on any atom is -0.497 e. The average Bonchev–Trinajstić information content (AvgIpc) is 2.78. The van der Waals surface area contributed by atoms with E-state index in [1.807, 2.05) is 31.2 Å². The van der Waals surface area contributed by atoms with Crippen LogP contribution in [0.25, 0.3) is 11.3 Å². The number of carbonyl (C=O) groups is 1. The second-order valence-corrected chi connectivity index (χ2v) is 6.33. The number of nitrogens with zero attached hydrogens (tertiary/aromatic N) is 2. The number of benzene rings is 2. The van der Waals surface area contributed by atoms with Crippen molar-refractivity contribution in [3.05, 3.63) is 71.9 Å². The molecule has 3 aromatic rings. The quantitative estimate of drug-likeness (QED) is 0.562. The Morgan fingerprint density at radius 3 is 2.57 bits per heavy atom. The molecule has 0 aliphatic carbocycles. The summed E-state index contributed by atoms with van der Waals surface area (Å²) in [5.74, 6) is 0.178. The third-order valence-corrected chi connectivity index (χ3v) is 4.30. The fraction of sp³-hybridized carbons (Fsp3) is 0.227. The summed E-state index contributed by atoms with van der Waals surface area (Å²) in [6, 6.07) is 11.6. The predicted octanol–water partition coefficient (Wildman–Crippen LogP) is 4.11. The van der Waals surface area contributed by atoms with Crippen LogP contribution >= 0.6 is 0 Å². The maximum atomic E-state index is 14.0. The SMILES string of the molecule is CCOc1ccc(-c2cncc(C(=O)NO[C@@H](C)c3cc(OC)ccc3F)n2)cc1. The summed E-state index contributed by atoms with van der Waals surface area (Å²) in [4.78, 5) is 26.2. The van der Waals surface area contributed by atoms with Gasteiger partial charge in [-0.25, -0.2) is 14.9 Å². The molecule has 7 nitrogen and oxygen atoms in total. The summed E-state index contributed by atoms with van der Waals surface area (Å²) in [7, 11) is 1.49. The van der Waals surface area contributed by atoms with E-state index < -0.39 is 17.8 Å². The summed E-state index contributed by atoms with van der Waals surface area (Å²) in [6.07, 6.45) is 2.14. The van der Waals surface area contributed by atoms with Gasteiger partial charge in [-0.1, -0.05) is 0 Å². The number of nitrogens with one attached hydrogen (secondary N) is 1. The van der Waals surface area contributed by atoms with Crippen molar-refractivity contribution in [2.24, 2.45) is 0 Å². The van der Waals surface area contributed by atoms with Gasteiger partial charge in [0.15, 0.2) is 0 Å². The number of carbonyl (C=O) groups excluding carboxylic acids is 1. The van der Waals surface area contributed by atoms with Gasteiger partial charge in [-0.2, -0.15) is 0 Å². The van der Waals surface area contributed by atoms with Gasteiger partial charge in [0.1, 0.15) is 29.1 Å². The zero-order valence-electron chi connectivity index (χ0n) is 16.9. The Balaban J connectivity index is 1.68. The van der Waals surface area contributed by atoms with Crippen molar-refractivity contribution in [3.63, 3.8) is 0 Å². The van der Waals surface area contributed by atoms with Gasteiger partial charge in [-0.15, -0.1) is 0 Å². The number of hydrogen-bond donors (Lipinski definition) is 1. The molecule has 30 heavy (non-hydrogen) atoms. The molecule has 1 amide bonds. The van der Waals surface area contributed by atoms with E-state index in [1.54, 1.807) is 13.1 Å². The second kappa shape index (κ2) is 9.80. The van der Waals surface area contributed by atoms with E-state index in [0.717, 1.165) is 11.3 Å². The van der Waals surface area contributed by atoms with E-state index >= 15 is 0 Å². The van der Waals surface area contributed by atoms with E-state index in [-0.39, 0.29) is 11.3 Å². The largest absolute Gasteiger partial charge is 0.497 e. The van der Waals surface area contributed by atoms with E-state index in [0.29, 0.717) is 18.1 Å². The molecule has 0 spiro atoms. The van der Waals surface area contributed by atoms with Gasteiger partial charge in [-0.05, 0) is 56.3 Å². The third kappa shape index (κ3) is 5.09. The van der Waals surface area contributed by atoms with Crippen LogP contribution in [-0.2, 0) is 4.84 Å². The van der Waals surface area contributed by atoms with Crippen LogP contribution in [0, 0.1) is 5.82 Å². The summed E-state index contributed by atoms with van der Waals surface area (Å²) >= 11 is 0. The van der Waals surface area contributed by atoms with Gasteiger partial charge < -0.3 is 9.47 Å². The maximum absolute atomic E-state index is 14.0. The number of amides is 1. The topological polar surface area (TPSA) is 82.6 Å². The van der Waals surface area contributed by atoms with Crippen molar-refractivity contribution in [3.8, 4) is 22.8 Å². The molecular formula is C22H22FN3O4. The lowest BCUT2D eigenvalue weighted by Crippen LogP contribution is -2.26.